The number of hydrogen-bond donors (Lipinski definition) is 0. The second kappa shape index (κ2) is 7.59. The standard InChI is InChI=1S/C19H17ClN4O2S/c1-19(2)17(25)24(14-3-4-16(15(20)11-14)27-10-7-21)18(26)23(19)12-13-5-8-22-9-6-13/h3-6,8-9,11H,10,12H2,1-2H3. The van der Waals surface area contributed by atoms with Crippen LogP contribution in [0.3, 0.4) is 0 Å². The van der Waals surface area contributed by atoms with Gasteiger partial charge in [-0.25, -0.2) is 9.69 Å². The minimum Gasteiger partial charge on any atom is -0.305 e. The number of carbonyl (C=O) groups excluding carboxylic acids is 2. The Bertz CT molecular complexity index is 927. The summed E-state index contributed by atoms with van der Waals surface area (Å²) in [6.07, 6.45) is 3.31. The van der Waals surface area contributed by atoms with Gasteiger partial charge in [-0.15, -0.1) is 11.8 Å². The molecule has 3 amide bonds. The van der Waals surface area contributed by atoms with Gasteiger partial charge in [0.2, 0.25) is 0 Å². The van der Waals surface area contributed by atoms with Gasteiger partial charge in [-0.05, 0) is 49.7 Å². The lowest BCUT2D eigenvalue weighted by atomic mass is 10.0. The number of aromatic nitrogens is 1. The van der Waals surface area contributed by atoms with Gasteiger partial charge in [0, 0.05) is 23.8 Å². The Balaban J connectivity index is 1.90. The zero-order chi connectivity index (χ0) is 19.6. The summed E-state index contributed by atoms with van der Waals surface area (Å²) in [4.78, 5) is 33.4. The number of hydrogen-bond acceptors (Lipinski definition) is 5. The topological polar surface area (TPSA) is 77.3 Å². The van der Waals surface area contributed by atoms with Crippen LogP contribution < -0.4 is 4.90 Å². The molecule has 27 heavy (non-hydrogen) atoms. The summed E-state index contributed by atoms with van der Waals surface area (Å²) in [7, 11) is 0. The first-order chi connectivity index (χ1) is 12.9. The monoisotopic (exact) mass is 400 g/mol. The van der Waals surface area contributed by atoms with Crippen molar-refractivity contribution in [2.75, 3.05) is 10.7 Å². The summed E-state index contributed by atoms with van der Waals surface area (Å²) in [5.74, 6) is -0.0389. The average Bonchev–Trinajstić information content (AvgIpc) is 2.81. The van der Waals surface area contributed by atoms with Gasteiger partial charge in [-0.2, -0.15) is 5.26 Å². The van der Waals surface area contributed by atoms with E-state index in [2.05, 4.69) is 4.98 Å². The number of benzene rings is 1. The van der Waals surface area contributed by atoms with E-state index in [1.807, 2.05) is 18.2 Å². The maximum Gasteiger partial charge on any atom is 0.332 e. The molecule has 0 N–H and O–H groups in total. The number of halogens is 1. The van der Waals surface area contributed by atoms with E-state index in [0.29, 0.717) is 17.3 Å². The molecule has 1 saturated heterocycles. The van der Waals surface area contributed by atoms with Crippen LogP contribution in [0.2, 0.25) is 5.02 Å². The fourth-order valence-corrected chi connectivity index (χ4v) is 3.77. The average molecular weight is 401 g/mol. The van der Waals surface area contributed by atoms with E-state index in [1.165, 1.54) is 16.7 Å². The molecule has 1 aromatic heterocycles. The molecule has 0 saturated carbocycles. The maximum absolute atomic E-state index is 13.0. The van der Waals surface area contributed by atoms with Gasteiger partial charge in [-0.3, -0.25) is 9.78 Å². The van der Waals surface area contributed by atoms with Crippen molar-refractivity contribution in [3.63, 3.8) is 0 Å². The molecule has 0 radical (unpaired) electrons. The maximum atomic E-state index is 13.0. The summed E-state index contributed by atoms with van der Waals surface area (Å²) in [5, 5.41) is 9.10. The molecule has 0 atom stereocenters. The van der Waals surface area contributed by atoms with E-state index in [0.717, 1.165) is 15.4 Å². The quantitative estimate of drug-likeness (QED) is 0.557. The molecule has 138 valence electrons. The van der Waals surface area contributed by atoms with E-state index >= 15 is 0 Å². The Labute approximate surface area is 166 Å². The van der Waals surface area contributed by atoms with E-state index in [-0.39, 0.29) is 11.7 Å². The highest BCUT2D eigenvalue weighted by atomic mass is 35.5. The van der Waals surface area contributed by atoms with Crippen molar-refractivity contribution in [2.24, 2.45) is 0 Å². The number of carbonyl (C=O) groups is 2. The molecule has 1 aliphatic rings. The number of nitrogens with zero attached hydrogens (tertiary/aromatic N) is 4. The number of nitriles is 1. The smallest absolute Gasteiger partial charge is 0.305 e. The number of anilines is 1. The number of thioether (sulfide) groups is 1. The highest BCUT2D eigenvalue weighted by molar-refractivity contribution is 7.99. The summed E-state index contributed by atoms with van der Waals surface area (Å²) < 4.78 is 0. The van der Waals surface area contributed by atoms with Crippen molar-refractivity contribution < 1.29 is 9.59 Å². The number of rotatable bonds is 5. The van der Waals surface area contributed by atoms with Crippen LogP contribution in [0.5, 0.6) is 0 Å². The molecule has 6 nitrogen and oxygen atoms in total. The summed E-state index contributed by atoms with van der Waals surface area (Å²) >= 11 is 7.58. The Morgan fingerprint density at radius 2 is 1.93 bits per heavy atom. The third kappa shape index (κ3) is 3.64. The Morgan fingerprint density at radius 1 is 1.22 bits per heavy atom. The predicted octanol–water partition coefficient (Wildman–Crippen LogP) is 4.10. The van der Waals surface area contributed by atoms with Crippen LogP contribution in [0, 0.1) is 11.3 Å². The number of imide groups is 1. The van der Waals surface area contributed by atoms with Crippen LogP contribution in [0.4, 0.5) is 10.5 Å². The normalized spacial score (nSPS) is 15.9. The van der Waals surface area contributed by atoms with Crippen molar-refractivity contribution in [1.82, 2.24) is 9.88 Å². The molecule has 2 aromatic rings. The van der Waals surface area contributed by atoms with Gasteiger partial charge < -0.3 is 4.90 Å². The third-order valence-electron chi connectivity index (χ3n) is 4.38. The molecule has 2 heterocycles. The van der Waals surface area contributed by atoms with Crippen molar-refractivity contribution in [1.29, 1.82) is 5.26 Å². The highest BCUT2D eigenvalue weighted by Crippen LogP contribution is 2.36. The Hall–Kier alpha value is -2.56. The van der Waals surface area contributed by atoms with Crippen molar-refractivity contribution in [3.05, 3.63) is 53.3 Å². The van der Waals surface area contributed by atoms with E-state index < -0.39 is 11.6 Å². The first-order valence-corrected chi connectivity index (χ1v) is 9.57. The highest BCUT2D eigenvalue weighted by Gasteiger charge is 2.51. The molecule has 0 spiro atoms. The van der Waals surface area contributed by atoms with Gasteiger partial charge in [0.25, 0.3) is 5.91 Å². The molecular weight excluding hydrogens is 384 g/mol. The predicted molar refractivity (Wildman–Crippen MR) is 105 cm³/mol. The number of urea groups is 1. The van der Waals surface area contributed by atoms with Crippen molar-refractivity contribution in [2.45, 2.75) is 30.8 Å². The van der Waals surface area contributed by atoms with Crippen LogP contribution in [0.15, 0.2) is 47.6 Å². The fraction of sp³-hybridized carbons (Fsp3) is 0.263. The first kappa shape index (κ1) is 19.2. The zero-order valence-corrected chi connectivity index (χ0v) is 16.4. The summed E-state index contributed by atoms with van der Waals surface area (Å²) in [6, 6.07) is 10.3. The third-order valence-corrected chi connectivity index (χ3v) is 5.74. The lowest BCUT2D eigenvalue weighted by molar-refractivity contribution is -0.123. The summed E-state index contributed by atoms with van der Waals surface area (Å²) in [5.41, 5.74) is 0.324. The molecule has 0 unspecified atom stereocenters. The van der Waals surface area contributed by atoms with Gasteiger partial charge in [-0.1, -0.05) is 11.6 Å². The van der Waals surface area contributed by atoms with Gasteiger partial charge in [0.1, 0.15) is 5.54 Å². The second-order valence-electron chi connectivity index (χ2n) is 6.49. The molecule has 1 fully saturated rings. The number of pyridine rings is 1. The van der Waals surface area contributed by atoms with Crippen LogP contribution in [0.25, 0.3) is 0 Å². The minimum absolute atomic E-state index is 0.271. The molecule has 8 heteroatoms. The van der Waals surface area contributed by atoms with Crippen molar-refractivity contribution >= 4 is 41.0 Å². The molecule has 1 aliphatic heterocycles. The summed E-state index contributed by atoms with van der Waals surface area (Å²) in [6.45, 7) is 3.76. The Kier molecular flexibility index (Phi) is 5.40. The van der Waals surface area contributed by atoms with Crippen molar-refractivity contribution in [3.8, 4) is 6.07 Å². The fourth-order valence-electron chi connectivity index (χ4n) is 2.86. The van der Waals surface area contributed by atoms with Gasteiger partial charge in [0.05, 0.1) is 22.5 Å². The first-order valence-electron chi connectivity index (χ1n) is 8.20. The lowest BCUT2D eigenvalue weighted by Crippen LogP contribution is -2.43. The second-order valence-corrected chi connectivity index (χ2v) is 7.91. The molecular formula is C19H17ClN4O2S. The van der Waals surface area contributed by atoms with E-state index in [9.17, 15) is 9.59 Å². The molecule has 0 bridgehead atoms. The lowest BCUT2D eigenvalue weighted by Gasteiger charge is -2.27. The van der Waals surface area contributed by atoms with Crippen LogP contribution in [0.1, 0.15) is 19.4 Å². The zero-order valence-electron chi connectivity index (χ0n) is 14.8. The van der Waals surface area contributed by atoms with E-state index in [4.69, 9.17) is 16.9 Å². The van der Waals surface area contributed by atoms with Crippen LogP contribution >= 0.6 is 23.4 Å². The minimum atomic E-state index is -0.985. The largest absolute Gasteiger partial charge is 0.332 e. The molecule has 1 aromatic carbocycles. The SMILES string of the molecule is CC1(C)C(=O)N(c2ccc(SCC#N)c(Cl)c2)C(=O)N1Cc1ccncc1. The number of amides is 3. The van der Waals surface area contributed by atoms with Crippen LogP contribution in [-0.2, 0) is 11.3 Å². The van der Waals surface area contributed by atoms with Crippen LogP contribution in [-0.4, -0.2) is 33.1 Å². The van der Waals surface area contributed by atoms with Gasteiger partial charge >= 0.3 is 6.03 Å². The molecule has 0 aliphatic carbocycles. The van der Waals surface area contributed by atoms with E-state index in [1.54, 1.807) is 44.4 Å². The van der Waals surface area contributed by atoms with Gasteiger partial charge in [0.15, 0.2) is 0 Å². The Morgan fingerprint density at radius 3 is 2.56 bits per heavy atom. The molecule has 3 rings (SSSR count).